The molecule has 84 valence electrons. The lowest BCUT2D eigenvalue weighted by Gasteiger charge is -2.26. The van der Waals surface area contributed by atoms with E-state index in [9.17, 15) is 8.42 Å². The van der Waals surface area contributed by atoms with E-state index in [1.54, 1.807) is 7.11 Å². The van der Waals surface area contributed by atoms with Crippen LogP contribution in [0.2, 0.25) is 0 Å². The molecule has 0 aromatic heterocycles. The molecule has 0 aromatic rings. The molecule has 0 bridgehead atoms. The van der Waals surface area contributed by atoms with Gasteiger partial charge in [0, 0.05) is 25.3 Å². The van der Waals surface area contributed by atoms with Crippen LogP contribution in [-0.2, 0) is 14.6 Å². The van der Waals surface area contributed by atoms with Crippen LogP contribution >= 0.6 is 0 Å². The van der Waals surface area contributed by atoms with Gasteiger partial charge >= 0.3 is 0 Å². The first-order valence-corrected chi connectivity index (χ1v) is 6.77. The smallest absolute Gasteiger partial charge is 0.150 e. The van der Waals surface area contributed by atoms with Crippen molar-refractivity contribution in [2.75, 3.05) is 26.5 Å². The van der Waals surface area contributed by atoms with Gasteiger partial charge in [-0.05, 0) is 19.3 Å². The molecule has 1 rings (SSSR count). The Morgan fingerprint density at radius 3 is 2.57 bits per heavy atom. The second-order valence-corrected chi connectivity index (χ2v) is 6.66. The van der Waals surface area contributed by atoms with Crippen LogP contribution in [0.4, 0.5) is 0 Å². The molecule has 0 aromatic carbocycles. The summed E-state index contributed by atoms with van der Waals surface area (Å²) >= 11 is 0. The predicted molar refractivity (Wildman–Crippen MR) is 55.8 cm³/mol. The van der Waals surface area contributed by atoms with Crippen molar-refractivity contribution < 1.29 is 13.2 Å². The van der Waals surface area contributed by atoms with E-state index in [4.69, 9.17) is 10.5 Å². The normalized spacial score (nSPS) is 33.5. The van der Waals surface area contributed by atoms with Crippen LogP contribution < -0.4 is 5.73 Å². The third-order valence-electron chi connectivity index (χ3n) is 3.15. The van der Waals surface area contributed by atoms with E-state index >= 15 is 0 Å². The molecule has 2 N–H and O–H groups in total. The van der Waals surface area contributed by atoms with E-state index < -0.39 is 9.84 Å². The molecule has 4 nitrogen and oxygen atoms in total. The van der Waals surface area contributed by atoms with Crippen LogP contribution in [0.5, 0.6) is 0 Å². The number of methoxy groups -OCH3 is 1. The maximum absolute atomic E-state index is 11.4. The van der Waals surface area contributed by atoms with Crippen molar-refractivity contribution in [3.8, 4) is 0 Å². The first-order valence-electron chi connectivity index (χ1n) is 4.81. The number of hydrogen-bond donors (Lipinski definition) is 1. The molecular formula is C9H19NO3S. The SMILES string of the molecule is COC[C@@]1(CN)CC[C@@H](S(C)(=O)=O)C1. The van der Waals surface area contributed by atoms with Gasteiger partial charge in [-0.25, -0.2) is 8.42 Å². The van der Waals surface area contributed by atoms with Crippen molar-refractivity contribution in [2.24, 2.45) is 11.1 Å². The van der Waals surface area contributed by atoms with Crippen molar-refractivity contribution >= 4 is 9.84 Å². The topological polar surface area (TPSA) is 69.4 Å². The van der Waals surface area contributed by atoms with Crippen molar-refractivity contribution in [3.63, 3.8) is 0 Å². The number of sulfone groups is 1. The summed E-state index contributed by atoms with van der Waals surface area (Å²) in [5, 5.41) is -0.221. The minimum atomic E-state index is -2.91. The van der Waals surface area contributed by atoms with E-state index in [-0.39, 0.29) is 10.7 Å². The maximum atomic E-state index is 11.4. The fraction of sp³-hybridized carbons (Fsp3) is 1.00. The Balaban J connectivity index is 2.71. The maximum Gasteiger partial charge on any atom is 0.150 e. The van der Waals surface area contributed by atoms with Crippen molar-refractivity contribution in [1.29, 1.82) is 0 Å². The highest BCUT2D eigenvalue weighted by Crippen LogP contribution is 2.40. The molecule has 5 heteroatoms. The largest absolute Gasteiger partial charge is 0.384 e. The van der Waals surface area contributed by atoms with Crippen LogP contribution in [0.25, 0.3) is 0 Å². The second-order valence-electron chi connectivity index (χ2n) is 4.33. The summed E-state index contributed by atoms with van der Waals surface area (Å²) in [6.45, 7) is 1.07. The van der Waals surface area contributed by atoms with Gasteiger partial charge in [0.1, 0.15) is 9.84 Å². The number of ether oxygens (including phenoxy) is 1. The monoisotopic (exact) mass is 221 g/mol. The van der Waals surface area contributed by atoms with E-state index in [0.717, 1.165) is 12.8 Å². The fourth-order valence-electron chi connectivity index (χ4n) is 2.20. The van der Waals surface area contributed by atoms with Gasteiger partial charge in [-0.2, -0.15) is 0 Å². The molecule has 1 fully saturated rings. The molecule has 0 aliphatic heterocycles. The van der Waals surface area contributed by atoms with Crippen LogP contribution in [0.3, 0.4) is 0 Å². The number of nitrogens with two attached hydrogens (primary N) is 1. The minimum Gasteiger partial charge on any atom is -0.384 e. The first kappa shape index (κ1) is 11.9. The van der Waals surface area contributed by atoms with Gasteiger partial charge < -0.3 is 10.5 Å². The molecule has 1 saturated carbocycles. The Morgan fingerprint density at radius 2 is 2.21 bits per heavy atom. The zero-order valence-electron chi connectivity index (χ0n) is 8.82. The van der Waals surface area contributed by atoms with Crippen molar-refractivity contribution in [1.82, 2.24) is 0 Å². The van der Waals surface area contributed by atoms with Gasteiger partial charge in [-0.1, -0.05) is 0 Å². The summed E-state index contributed by atoms with van der Waals surface area (Å²) in [6.07, 6.45) is 3.53. The third-order valence-corrected chi connectivity index (χ3v) is 4.76. The molecule has 0 spiro atoms. The zero-order valence-corrected chi connectivity index (χ0v) is 9.64. The van der Waals surface area contributed by atoms with Gasteiger partial charge in [0.2, 0.25) is 0 Å². The van der Waals surface area contributed by atoms with Gasteiger partial charge in [-0.3, -0.25) is 0 Å². The van der Waals surface area contributed by atoms with E-state index in [0.29, 0.717) is 19.6 Å². The molecule has 14 heavy (non-hydrogen) atoms. The van der Waals surface area contributed by atoms with E-state index in [2.05, 4.69) is 0 Å². The number of rotatable bonds is 4. The van der Waals surface area contributed by atoms with Crippen LogP contribution in [0.15, 0.2) is 0 Å². The molecule has 0 radical (unpaired) electrons. The summed E-state index contributed by atoms with van der Waals surface area (Å²) in [6, 6.07) is 0. The van der Waals surface area contributed by atoms with Crippen LogP contribution in [0.1, 0.15) is 19.3 Å². The second kappa shape index (κ2) is 4.16. The van der Waals surface area contributed by atoms with Gasteiger partial charge in [-0.15, -0.1) is 0 Å². The Kier molecular flexibility index (Phi) is 3.55. The standard InChI is InChI=1S/C9H19NO3S/c1-13-7-9(6-10)4-3-8(5-9)14(2,11)12/h8H,3-7,10H2,1-2H3/t8-,9+/m1/s1. The molecule has 1 aliphatic carbocycles. The number of hydrogen-bond acceptors (Lipinski definition) is 4. The Hall–Kier alpha value is -0.130. The summed E-state index contributed by atoms with van der Waals surface area (Å²) in [7, 11) is -1.28. The average Bonchev–Trinajstić information content (AvgIpc) is 2.50. The van der Waals surface area contributed by atoms with Gasteiger partial charge in [0.05, 0.1) is 11.9 Å². The average molecular weight is 221 g/mol. The molecule has 2 atom stereocenters. The third kappa shape index (κ3) is 2.46. The highest BCUT2D eigenvalue weighted by molar-refractivity contribution is 7.91. The fourth-order valence-corrected chi connectivity index (χ4v) is 3.40. The zero-order chi connectivity index (χ0) is 10.8. The highest BCUT2D eigenvalue weighted by atomic mass is 32.2. The molecule has 0 saturated heterocycles. The summed E-state index contributed by atoms with van der Waals surface area (Å²) < 4.78 is 27.8. The minimum absolute atomic E-state index is 0.109. The molecule has 0 heterocycles. The summed E-state index contributed by atoms with van der Waals surface area (Å²) in [4.78, 5) is 0. The van der Waals surface area contributed by atoms with Crippen molar-refractivity contribution in [3.05, 3.63) is 0 Å². The lowest BCUT2D eigenvalue weighted by atomic mass is 9.87. The Morgan fingerprint density at radius 1 is 1.57 bits per heavy atom. The summed E-state index contributed by atoms with van der Waals surface area (Å²) in [5.74, 6) is 0. The van der Waals surface area contributed by atoms with E-state index in [1.165, 1.54) is 6.26 Å². The lowest BCUT2D eigenvalue weighted by molar-refractivity contribution is 0.0895. The molecule has 0 unspecified atom stereocenters. The predicted octanol–water partition coefficient (Wildman–Crippen LogP) is 0.175. The highest BCUT2D eigenvalue weighted by Gasteiger charge is 2.41. The van der Waals surface area contributed by atoms with E-state index in [1.807, 2.05) is 0 Å². The summed E-state index contributed by atoms with van der Waals surface area (Å²) in [5.41, 5.74) is 5.58. The molecule has 1 aliphatic rings. The molecule has 0 amide bonds. The van der Waals surface area contributed by atoms with Crippen LogP contribution in [-0.4, -0.2) is 40.2 Å². The van der Waals surface area contributed by atoms with Gasteiger partial charge in [0.15, 0.2) is 0 Å². The van der Waals surface area contributed by atoms with Crippen LogP contribution in [0, 0.1) is 5.41 Å². The van der Waals surface area contributed by atoms with Gasteiger partial charge in [0.25, 0.3) is 0 Å². The molecular weight excluding hydrogens is 202 g/mol. The Labute approximate surface area is 85.7 Å². The first-order chi connectivity index (χ1) is 6.43. The lowest BCUT2D eigenvalue weighted by Crippen LogP contribution is -2.33. The Bertz CT molecular complexity index is 288. The quantitative estimate of drug-likeness (QED) is 0.735. The van der Waals surface area contributed by atoms with Crippen molar-refractivity contribution in [2.45, 2.75) is 24.5 Å².